The number of rotatable bonds is 7. The largest absolute Gasteiger partial charge is 0.488 e. The van der Waals surface area contributed by atoms with Crippen molar-refractivity contribution in [3.8, 4) is 5.75 Å². The van der Waals surface area contributed by atoms with E-state index in [1.165, 1.54) is 6.07 Å². The highest BCUT2D eigenvalue weighted by atomic mass is 19.1. The van der Waals surface area contributed by atoms with Crippen molar-refractivity contribution in [2.75, 3.05) is 32.9 Å². The van der Waals surface area contributed by atoms with Gasteiger partial charge in [0.1, 0.15) is 12.7 Å². The third-order valence-electron chi connectivity index (χ3n) is 3.10. The molecule has 2 rings (SSSR count). The first-order valence-electron chi connectivity index (χ1n) is 6.59. The van der Waals surface area contributed by atoms with E-state index in [2.05, 4.69) is 5.32 Å². The van der Waals surface area contributed by atoms with Crippen molar-refractivity contribution in [2.24, 2.45) is 5.92 Å². The van der Waals surface area contributed by atoms with Crippen LogP contribution in [0.2, 0.25) is 0 Å². The number of para-hydroxylation sites is 1. The fourth-order valence-corrected chi connectivity index (χ4v) is 2.01. The fraction of sp³-hybridized carbons (Fsp3) is 0.571. The first-order valence-corrected chi connectivity index (χ1v) is 6.59. The van der Waals surface area contributed by atoms with Gasteiger partial charge in [-0.25, -0.2) is 4.39 Å². The Kier molecular flexibility index (Phi) is 5.57. The molecular formula is C14H20FNO3. The van der Waals surface area contributed by atoms with Crippen LogP contribution in [0.25, 0.3) is 0 Å². The minimum Gasteiger partial charge on any atom is -0.488 e. The topological polar surface area (TPSA) is 50.7 Å². The second kappa shape index (κ2) is 7.43. The lowest BCUT2D eigenvalue weighted by Gasteiger charge is -2.15. The molecule has 1 aromatic carbocycles. The molecule has 2 unspecified atom stereocenters. The Bertz CT molecular complexity index is 383. The number of hydrogen-bond donors (Lipinski definition) is 2. The van der Waals surface area contributed by atoms with Crippen LogP contribution in [-0.4, -0.2) is 44.1 Å². The monoisotopic (exact) mass is 269 g/mol. The molecule has 1 fully saturated rings. The van der Waals surface area contributed by atoms with Crippen LogP contribution in [-0.2, 0) is 4.74 Å². The summed E-state index contributed by atoms with van der Waals surface area (Å²) in [6, 6.07) is 6.18. The summed E-state index contributed by atoms with van der Waals surface area (Å²) in [6.45, 7) is 2.96. The summed E-state index contributed by atoms with van der Waals surface area (Å²) in [5.74, 6) is 0.288. The molecule has 2 atom stereocenters. The normalized spacial score (nSPS) is 20.4. The van der Waals surface area contributed by atoms with Crippen molar-refractivity contribution in [1.29, 1.82) is 0 Å². The predicted molar refractivity (Wildman–Crippen MR) is 69.7 cm³/mol. The van der Waals surface area contributed by atoms with Crippen molar-refractivity contribution in [1.82, 2.24) is 5.32 Å². The van der Waals surface area contributed by atoms with Gasteiger partial charge in [0.25, 0.3) is 0 Å². The van der Waals surface area contributed by atoms with Gasteiger partial charge in [-0.3, -0.25) is 0 Å². The van der Waals surface area contributed by atoms with Crippen LogP contribution in [0.4, 0.5) is 4.39 Å². The van der Waals surface area contributed by atoms with Crippen LogP contribution in [0.5, 0.6) is 5.75 Å². The lowest BCUT2D eigenvalue weighted by molar-refractivity contribution is 0.103. The summed E-state index contributed by atoms with van der Waals surface area (Å²) < 4.78 is 23.8. The Morgan fingerprint density at radius 3 is 3.05 bits per heavy atom. The molecule has 0 bridgehead atoms. The zero-order valence-electron chi connectivity index (χ0n) is 10.8. The van der Waals surface area contributed by atoms with E-state index in [1.54, 1.807) is 18.2 Å². The molecule has 0 spiro atoms. The minimum atomic E-state index is -0.651. The Morgan fingerprint density at radius 2 is 2.32 bits per heavy atom. The molecule has 106 valence electrons. The first-order chi connectivity index (χ1) is 9.25. The van der Waals surface area contributed by atoms with Crippen LogP contribution in [0.1, 0.15) is 6.42 Å². The van der Waals surface area contributed by atoms with E-state index in [0.717, 1.165) is 26.2 Å². The van der Waals surface area contributed by atoms with Gasteiger partial charge in [-0.1, -0.05) is 12.1 Å². The Labute approximate surface area is 112 Å². The highest BCUT2D eigenvalue weighted by Crippen LogP contribution is 2.15. The van der Waals surface area contributed by atoms with E-state index in [1.807, 2.05) is 0 Å². The van der Waals surface area contributed by atoms with Crippen molar-refractivity contribution < 1.29 is 19.0 Å². The van der Waals surface area contributed by atoms with Gasteiger partial charge in [-0.15, -0.1) is 0 Å². The number of hydrogen-bond acceptors (Lipinski definition) is 4. The van der Waals surface area contributed by atoms with Crippen LogP contribution >= 0.6 is 0 Å². The summed E-state index contributed by atoms with van der Waals surface area (Å²) in [4.78, 5) is 0. The molecule has 4 nitrogen and oxygen atoms in total. The molecule has 5 heteroatoms. The third kappa shape index (κ3) is 4.78. The van der Waals surface area contributed by atoms with E-state index in [4.69, 9.17) is 9.47 Å². The summed E-state index contributed by atoms with van der Waals surface area (Å²) in [6.07, 6.45) is 0.413. The van der Waals surface area contributed by atoms with E-state index in [0.29, 0.717) is 12.5 Å². The Hall–Kier alpha value is -1.17. The maximum absolute atomic E-state index is 13.3. The predicted octanol–water partition coefficient (Wildman–Crippen LogP) is 1.19. The number of aliphatic hydroxyl groups excluding tert-OH is 1. The molecular weight excluding hydrogens is 249 g/mol. The minimum absolute atomic E-state index is 0.0785. The van der Waals surface area contributed by atoms with E-state index in [9.17, 15) is 9.50 Å². The number of ether oxygens (including phenoxy) is 2. The lowest BCUT2D eigenvalue weighted by atomic mass is 10.1. The fourth-order valence-electron chi connectivity index (χ4n) is 2.01. The molecule has 0 radical (unpaired) electrons. The summed E-state index contributed by atoms with van der Waals surface area (Å²) in [7, 11) is 0. The molecule has 0 amide bonds. The Balaban J connectivity index is 1.61. The maximum atomic E-state index is 13.3. The van der Waals surface area contributed by atoms with Crippen molar-refractivity contribution in [2.45, 2.75) is 12.5 Å². The molecule has 0 aliphatic carbocycles. The summed E-state index contributed by atoms with van der Waals surface area (Å²) in [5, 5.41) is 12.9. The second-order valence-electron chi connectivity index (χ2n) is 4.78. The lowest BCUT2D eigenvalue weighted by Crippen LogP contribution is -2.34. The quantitative estimate of drug-likeness (QED) is 0.781. The van der Waals surface area contributed by atoms with E-state index >= 15 is 0 Å². The van der Waals surface area contributed by atoms with Gasteiger partial charge in [-0.2, -0.15) is 0 Å². The van der Waals surface area contributed by atoms with E-state index < -0.39 is 11.9 Å². The summed E-state index contributed by atoms with van der Waals surface area (Å²) in [5.41, 5.74) is 0. The standard InChI is InChI=1S/C14H20FNO3/c15-13-3-1-2-4-14(13)19-10-12(17)8-16-7-11-5-6-18-9-11/h1-4,11-12,16-17H,5-10H2. The van der Waals surface area contributed by atoms with Gasteiger partial charge >= 0.3 is 0 Å². The second-order valence-corrected chi connectivity index (χ2v) is 4.78. The average Bonchev–Trinajstić information content (AvgIpc) is 2.91. The molecule has 0 saturated carbocycles. The summed E-state index contributed by atoms with van der Waals surface area (Å²) >= 11 is 0. The van der Waals surface area contributed by atoms with E-state index in [-0.39, 0.29) is 12.4 Å². The van der Waals surface area contributed by atoms with Crippen molar-refractivity contribution >= 4 is 0 Å². The van der Waals surface area contributed by atoms with Crippen LogP contribution < -0.4 is 10.1 Å². The number of benzene rings is 1. The third-order valence-corrected chi connectivity index (χ3v) is 3.10. The zero-order chi connectivity index (χ0) is 13.5. The number of aliphatic hydroxyl groups is 1. The van der Waals surface area contributed by atoms with Crippen molar-refractivity contribution in [3.63, 3.8) is 0 Å². The molecule has 1 saturated heterocycles. The molecule has 1 heterocycles. The van der Waals surface area contributed by atoms with Gasteiger partial charge in [0.2, 0.25) is 0 Å². The van der Waals surface area contributed by atoms with Crippen LogP contribution in [0.3, 0.4) is 0 Å². The smallest absolute Gasteiger partial charge is 0.165 e. The molecule has 2 N–H and O–H groups in total. The van der Waals surface area contributed by atoms with Gasteiger partial charge in [-0.05, 0) is 24.5 Å². The highest BCUT2D eigenvalue weighted by Gasteiger charge is 2.15. The molecule has 1 aliphatic rings. The Morgan fingerprint density at radius 1 is 1.47 bits per heavy atom. The van der Waals surface area contributed by atoms with Gasteiger partial charge < -0.3 is 19.9 Å². The molecule has 1 aliphatic heterocycles. The van der Waals surface area contributed by atoms with Crippen LogP contribution in [0.15, 0.2) is 24.3 Å². The molecule has 0 aromatic heterocycles. The molecule has 1 aromatic rings. The number of halogens is 1. The van der Waals surface area contributed by atoms with Crippen molar-refractivity contribution in [3.05, 3.63) is 30.1 Å². The van der Waals surface area contributed by atoms with Gasteiger partial charge in [0.15, 0.2) is 11.6 Å². The van der Waals surface area contributed by atoms with Gasteiger partial charge in [0, 0.05) is 19.7 Å². The molecule has 19 heavy (non-hydrogen) atoms. The van der Waals surface area contributed by atoms with Gasteiger partial charge in [0.05, 0.1) is 6.61 Å². The number of nitrogens with one attached hydrogen (secondary N) is 1. The average molecular weight is 269 g/mol. The zero-order valence-corrected chi connectivity index (χ0v) is 10.8. The van der Waals surface area contributed by atoms with Crippen LogP contribution in [0, 0.1) is 11.7 Å². The SMILES string of the molecule is OC(CNCC1CCOC1)COc1ccccc1F. The first kappa shape index (κ1) is 14.2. The highest BCUT2D eigenvalue weighted by molar-refractivity contribution is 5.23. The maximum Gasteiger partial charge on any atom is 0.165 e.